The predicted octanol–water partition coefficient (Wildman–Crippen LogP) is 1.95. The van der Waals surface area contributed by atoms with Crippen molar-refractivity contribution in [1.82, 2.24) is 10.8 Å². The standard InChI is InChI=1S/C20H24N2O5S/c1-3-4-14-5-7-15(8-6-14)16-9-11-17(12-10-16)19(23)21-18(20(24)22-25)13-28(2,26)27/h5-12,18,25H,3-4,13H2,1-2H3,(H,21,23)(H,22,24)/t18-/m0/s1. The van der Waals surface area contributed by atoms with Crippen molar-refractivity contribution < 1.29 is 23.2 Å². The van der Waals surface area contributed by atoms with Crippen molar-refractivity contribution in [3.8, 4) is 11.1 Å². The lowest BCUT2D eigenvalue weighted by Gasteiger charge is -2.16. The van der Waals surface area contributed by atoms with E-state index in [9.17, 15) is 18.0 Å². The second-order valence-corrected chi connectivity index (χ2v) is 8.80. The topological polar surface area (TPSA) is 113 Å². The van der Waals surface area contributed by atoms with Gasteiger partial charge in [-0.15, -0.1) is 0 Å². The van der Waals surface area contributed by atoms with Crippen molar-refractivity contribution in [2.24, 2.45) is 0 Å². The van der Waals surface area contributed by atoms with Crippen molar-refractivity contribution in [3.05, 3.63) is 59.7 Å². The average molecular weight is 404 g/mol. The summed E-state index contributed by atoms with van der Waals surface area (Å²) in [5, 5.41) is 11.1. The molecule has 1 atom stereocenters. The molecule has 7 nitrogen and oxygen atoms in total. The van der Waals surface area contributed by atoms with Gasteiger partial charge in [0.25, 0.3) is 11.8 Å². The molecule has 0 aliphatic carbocycles. The third kappa shape index (κ3) is 6.17. The van der Waals surface area contributed by atoms with Crippen LogP contribution in [-0.4, -0.2) is 43.5 Å². The lowest BCUT2D eigenvalue weighted by Crippen LogP contribution is -2.49. The highest BCUT2D eigenvalue weighted by molar-refractivity contribution is 7.90. The summed E-state index contributed by atoms with van der Waals surface area (Å²) < 4.78 is 22.9. The molecular weight excluding hydrogens is 380 g/mol. The number of carbonyl (C=O) groups excluding carboxylic acids is 2. The maximum Gasteiger partial charge on any atom is 0.266 e. The minimum absolute atomic E-state index is 0.274. The number of hydroxylamine groups is 1. The first-order valence-corrected chi connectivity index (χ1v) is 10.9. The van der Waals surface area contributed by atoms with E-state index >= 15 is 0 Å². The van der Waals surface area contributed by atoms with E-state index in [1.807, 2.05) is 12.1 Å². The second-order valence-electron chi connectivity index (χ2n) is 6.62. The molecule has 3 N–H and O–H groups in total. The summed E-state index contributed by atoms with van der Waals surface area (Å²) in [6.45, 7) is 2.13. The van der Waals surface area contributed by atoms with Crippen LogP contribution >= 0.6 is 0 Å². The Balaban J connectivity index is 2.12. The van der Waals surface area contributed by atoms with Gasteiger partial charge in [-0.2, -0.15) is 0 Å². The number of amides is 2. The third-order valence-corrected chi connectivity index (χ3v) is 5.11. The number of hydrogen-bond acceptors (Lipinski definition) is 5. The van der Waals surface area contributed by atoms with Gasteiger partial charge < -0.3 is 5.32 Å². The zero-order chi connectivity index (χ0) is 20.7. The molecular formula is C20H24N2O5S. The summed E-state index contributed by atoms with van der Waals surface area (Å²) in [4.78, 5) is 24.0. The Hall–Kier alpha value is -2.71. The average Bonchev–Trinajstić information content (AvgIpc) is 2.66. The summed E-state index contributed by atoms with van der Waals surface area (Å²) in [6, 6.07) is 13.5. The first-order valence-electron chi connectivity index (χ1n) is 8.85. The minimum Gasteiger partial charge on any atom is -0.339 e. The van der Waals surface area contributed by atoms with Crippen LogP contribution in [-0.2, 0) is 21.1 Å². The van der Waals surface area contributed by atoms with Crippen molar-refractivity contribution >= 4 is 21.7 Å². The zero-order valence-electron chi connectivity index (χ0n) is 15.8. The molecule has 2 amide bonds. The van der Waals surface area contributed by atoms with Gasteiger partial charge in [0.2, 0.25) is 0 Å². The third-order valence-electron chi connectivity index (χ3n) is 4.17. The lowest BCUT2D eigenvalue weighted by molar-refractivity contribution is -0.130. The fourth-order valence-electron chi connectivity index (χ4n) is 2.77. The molecule has 2 aromatic carbocycles. The highest BCUT2D eigenvalue weighted by Crippen LogP contribution is 2.21. The molecule has 8 heteroatoms. The Labute approximate surface area is 164 Å². The molecule has 0 bridgehead atoms. The number of rotatable bonds is 8. The van der Waals surface area contributed by atoms with Crippen LogP contribution in [0.25, 0.3) is 11.1 Å². The van der Waals surface area contributed by atoms with E-state index in [-0.39, 0.29) is 5.56 Å². The van der Waals surface area contributed by atoms with Crippen LogP contribution in [0.4, 0.5) is 0 Å². The Bertz CT molecular complexity index is 922. The van der Waals surface area contributed by atoms with Gasteiger partial charge in [0.15, 0.2) is 0 Å². The van der Waals surface area contributed by atoms with Gasteiger partial charge in [-0.25, -0.2) is 13.9 Å². The van der Waals surface area contributed by atoms with E-state index in [4.69, 9.17) is 5.21 Å². The maximum atomic E-state index is 12.4. The molecule has 0 spiro atoms. The molecule has 0 saturated carbocycles. The van der Waals surface area contributed by atoms with Gasteiger partial charge in [-0.3, -0.25) is 14.8 Å². The molecule has 2 rings (SSSR count). The molecule has 0 unspecified atom stereocenters. The van der Waals surface area contributed by atoms with E-state index in [2.05, 4.69) is 24.4 Å². The Kier molecular flexibility index (Phi) is 7.31. The van der Waals surface area contributed by atoms with Crippen molar-refractivity contribution in [2.45, 2.75) is 25.8 Å². The number of benzene rings is 2. The van der Waals surface area contributed by atoms with Crippen molar-refractivity contribution in [1.29, 1.82) is 0 Å². The van der Waals surface area contributed by atoms with Crippen LogP contribution in [0.5, 0.6) is 0 Å². The summed E-state index contributed by atoms with van der Waals surface area (Å²) in [6.07, 6.45) is 3.05. The van der Waals surface area contributed by atoms with E-state index < -0.39 is 33.4 Å². The largest absolute Gasteiger partial charge is 0.339 e. The fraction of sp³-hybridized carbons (Fsp3) is 0.300. The summed E-state index contributed by atoms with van der Waals surface area (Å²) in [5.74, 6) is -2.22. The molecule has 28 heavy (non-hydrogen) atoms. The number of nitrogens with one attached hydrogen (secondary N) is 2. The molecule has 150 valence electrons. The van der Waals surface area contributed by atoms with Crippen molar-refractivity contribution in [3.63, 3.8) is 0 Å². The summed E-state index contributed by atoms with van der Waals surface area (Å²) in [5.41, 5.74) is 4.86. The quantitative estimate of drug-likeness (QED) is 0.460. The molecule has 0 saturated heterocycles. The SMILES string of the molecule is CCCc1ccc(-c2ccc(C(=O)N[C@@H](CS(C)(=O)=O)C(=O)NO)cc2)cc1. The van der Waals surface area contributed by atoms with Gasteiger partial charge in [0.1, 0.15) is 15.9 Å². The number of hydrogen-bond donors (Lipinski definition) is 3. The first-order chi connectivity index (χ1) is 13.2. The monoisotopic (exact) mass is 404 g/mol. The second kappa shape index (κ2) is 9.48. The van der Waals surface area contributed by atoms with Crippen LogP contribution in [0, 0.1) is 0 Å². The lowest BCUT2D eigenvalue weighted by atomic mass is 10.0. The summed E-state index contributed by atoms with van der Waals surface area (Å²) in [7, 11) is -3.54. The van der Waals surface area contributed by atoms with Gasteiger partial charge in [0.05, 0.1) is 5.75 Å². The minimum atomic E-state index is -3.54. The molecule has 0 fully saturated rings. The molecule has 0 aromatic heterocycles. The summed E-state index contributed by atoms with van der Waals surface area (Å²) >= 11 is 0. The van der Waals surface area contributed by atoms with Crippen LogP contribution in [0.1, 0.15) is 29.3 Å². The van der Waals surface area contributed by atoms with E-state index in [0.29, 0.717) is 0 Å². The highest BCUT2D eigenvalue weighted by Gasteiger charge is 2.25. The van der Waals surface area contributed by atoms with E-state index in [0.717, 1.165) is 30.2 Å². The zero-order valence-corrected chi connectivity index (χ0v) is 16.6. The number of sulfone groups is 1. The molecule has 0 aliphatic rings. The molecule has 2 aromatic rings. The van der Waals surface area contributed by atoms with Crippen LogP contribution in [0.2, 0.25) is 0 Å². The van der Waals surface area contributed by atoms with Gasteiger partial charge in [0, 0.05) is 11.8 Å². The van der Waals surface area contributed by atoms with Gasteiger partial charge >= 0.3 is 0 Å². The fourth-order valence-corrected chi connectivity index (χ4v) is 3.61. The first kappa shape index (κ1) is 21.6. The van der Waals surface area contributed by atoms with Crippen LogP contribution < -0.4 is 10.8 Å². The predicted molar refractivity (Wildman–Crippen MR) is 107 cm³/mol. The maximum absolute atomic E-state index is 12.4. The molecule has 0 aliphatic heterocycles. The van der Waals surface area contributed by atoms with Crippen LogP contribution in [0.3, 0.4) is 0 Å². The Morgan fingerprint density at radius 1 is 1.00 bits per heavy atom. The Morgan fingerprint density at radius 2 is 1.54 bits per heavy atom. The number of aryl methyl sites for hydroxylation is 1. The van der Waals surface area contributed by atoms with Crippen molar-refractivity contribution in [2.75, 3.05) is 12.0 Å². The number of carbonyl (C=O) groups is 2. The van der Waals surface area contributed by atoms with E-state index in [1.54, 1.807) is 24.3 Å². The normalized spacial score (nSPS) is 12.2. The highest BCUT2D eigenvalue weighted by atomic mass is 32.2. The van der Waals surface area contributed by atoms with Crippen LogP contribution in [0.15, 0.2) is 48.5 Å². The Morgan fingerprint density at radius 3 is 2.00 bits per heavy atom. The molecule has 0 heterocycles. The smallest absolute Gasteiger partial charge is 0.266 e. The van der Waals surface area contributed by atoms with Gasteiger partial charge in [-0.1, -0.05) is 49.7 Å². The van der Waals surface area contributed by atoms with E-state index in [1.165, 1.54) is 11.0 Å². The molecule has 0 radical (unpaired) electrons. The van der Waals surface area contributed by atoms with Gasteiger partial charge in [-0.05, 0) is 35.2 Å².